The highest BCUT2D eigenvalue weighted by molar-refractivity contribution is 5.85. The highest BCUT2D eigenvalue weighted by atomic mass is 16.2. The van der Waals surface area contributed by atoms with Crippen molar-refractivity contribution in [2.24, 2.45) is 0 Å². The van der Waals surface area contributed by atoms with Crippen LogP contribution < -0.4 is 5.32 Å². The minimum atomic E-state index is -0.498. The number of nitrogens with one attached hydrogen (secondary N) is 1. The third-order valence-electron chi connectivity index (χ3n) is 3.36. The number of likely N-dealkylation sites (N-methyl/N-ethyl adjacent to an activating group) is 2. The molecule has 0 aliphatic rings. The van der Waals surface area contributed by atoms with E-state index in [-0.39, 0.29) is 5.91 Å². The molecule has 0 radical (unpaired) electrons. The lowest BCUT2D eigenvalue weighted by atomic mass is 10.0. The summed E-state index contributed by atoms with van der Waals surface area (Å²) < 4.78 is 0. The molecule has 1 N–H and O–H groups in total. The van der Waals surface area contributed by atoms with Gasteiger partial charge in [-0.2, -0.15) is 0 Å². The fourth-order valence-electron chi connectivity index (χ4n) is 1.74. The molecule has 0 heterocycles. The Morgan fingerprint density at radius 2 is 1.83 bits per heavy atom. The van der Waals surface area contributed by atoms with E-state index in [0.29, 0.717) is 0 Å². The minimum absolute atomic E-state index is 0.122. The lowest BCUT2D eigenvalue weighted by Crippen LogP contribution is -2.52. The molecule has 0 saturated heterocycles. The van der Waals surface area contributed by atoms with Gasteiger partial charge in [0.2, 0.25) is 5.91 Å². The fraction of sp³-hybridized carbons (Fsp3) is 0.533. The normalized spacial score (nSPS) is 11.4. The first-order valence-electron chi connectivity index (χ1n) is 6.37. The first-order chi connectivity index (χ1) is 8.36. The zero-order chi connectivity index (χ0) is 13.8. The molecule has 0 fully saturated rings. The van der Waals surface area contributed by atoms with Crippen molar-refractivity contribution in [1.29, 1.82) is 0 Å². The molecule has 0 bridgehead atoms. The largest absolute Gasteiger partial charge is 0.344 e. The number of aryl methyl sites for hydroxylation is 1. The third-order valence-corrected chi connectivity index (χ3v) is 3.36. The molecule has 3 heteroatoms. The second-order valence-electron chi connectivity index (χ2n) is 5.34. The van der Waals surface area contributed by atoms with E-state index in [1.54, 1.807) is 4.90 Å². The summed E-state index contributed by atoms with van der Waals surface area (Å²) in [5.41, 5.74) is 2.03. The van der Waals surface area contributed by atoms with E-state index in [0.717, 1.165) is 13.0 Å². The van der Waals surface area contributed by atoms with Gasteiger partial charge in [0.1, 0.15) is 0 Å². The van der Waals surface area contributed by atoms with E-state index in [4.69, 9.17) is 0 Å². The quantitative estimate of drug-likeness (QED) is 0.864. The van der Waals surface area contributed by atoms with Crippen molar-refractivity contribution in [3.8, 4) is 0 Å². The van der Waals surface area contributed by atoms with E-state index in [2.05, 4.69) is 36.5 Å². The Labute approximate surface area is 110 Å². The third kappa shape index (κ3) is 3.84. The van der Waals surface area contributed by atoms with Crippen molar-refractivity contribution >= 4 is 5.91 Å². The van der Waals surface area contributed by atoms with Crippen LogP contribution in [0, 0.1) is 6.92 Å². The van der Waals surface area contributed by atoms with Gasteiger partial charge in [0.15, 0.2) is 0 Å². The Hall–Kier alpha value is -1.35. The molecule has 1 amide bonds. The molecule has 0 aromatic heterocycles. The molecular weight excluding hydrogens is 224 g/mol. The van der Waals surface area contributed by atoms with Gasteiger partial charge in [-0.05, 0) is 39.8 Å². The molecule has 100 valence electrons. The Balaban J connectivity index is 2.53. The zero-order valence-electron chi connectivity index (χ0n) is 12.1. The summed E-state index contributed by atoms with van der Waals surface area (Å²) >= 11 is 0. The first kappa shape index (κ1) is 14.7. The molecule has 3 nitrogen and oxygen atoms in total. The van der Waals surface area contributed by atoms with Gasteiger partial charge < -0.3 is 10.2 Å². The predicted octanol–water partition coefficient (Wildman–Crippen LogP) is 1.99. The van der Waals surface area contributed by atoms with Crippen molar-refractivity contribution in [2.75, 3.05) is 20.6 Å². The molecule has 1 aromatic rings. The SMILES string of the molecule is CNC(C)(C)C(=O)N(C)CCc1ccc(C)cc1. The number of benzene rings is 1. The molecular formula is C15H24N2O. The molecule has 0 atom stereocenters. The van der Waals surface area contributed by atoms with E-state index < -0.39 is 5.54 Å². The number of carbonyl (C=O) groups excluding carboxylic acids is 1. The van der Waals surface area contributed by atoms with Gasteiger partial charge in [-0.25, -0.2) is 0 Å². The molecule has 1 aromatic carbocycles. The molecule has 18 heavy (non-hydrogen) atoms. The molecule has 0 spiro atoms. The maximum Gasteiger partial charge on any atom is 0.242 e. The van der Waals surface area contributed by atoms with Crippen LogP contribution in [0.3, 0.4) is 0 Å². The van der Waals surface area contributed by atoms with Crippen LogP contribution in [0.1, 0.15) is 25.0 Å². The minimum Gasteiger partial charge on any atom is -0.344 e. The van der Waals surface area contributed by atoms with Crippen LogP contribution >= 0.6 is 0 Å². The van der Waals surface area contributed by atoms with Crippen LogP contribution in [0.15, 0.2) is 24.3 Å². The van der Waals surface area contributed by atoms with Gasteiger partial charge in [-0.15, -0.1) is 0 Å². The van der Waals surface area contributed by atoms with Crippen LogP contribution in [0.25, 0.3) is 0 Å². The first-order valence-corrected chi connectivity index (χ1v) is 6.37. The second kappa shape index (κ2) is 6.01. The van der Waals surface area contributed by atoms with Gasteiger partial charge in [-0.3, -0.25) is 4.79 Å². The van der Waals surface area contributed by atoms with E-state index in [1.807, 2.05) is 27.9 Å². The maximum atomic E-state index is 12.1. The number of hydrogen-bond donors (Lipinski definition) is 1. The Morgan fingerprint density at radius 1 is 1.28 bits per heavy atom. The van der Waals surface area contributed by atoms with Crippen molar-refractivity contribution in [1.82, 2.24) is 10.2 Å². The van der Waals surface area contributed by atoms with E-state index >= 15 is 0 Å². The molecule has 1 rings (SSSR count). The van der Waals surface area contributed by atoms with Gasteiger partial charge >= 0.3 is 0 Å². The van der Waals surface area contributed by atoms with Crippen LogP contribution in [0.2, 0.25) is 0 Å². The number of nitrogens with zero attached hydrogens (tertiary/aromatic N) is 1. The standard InChI is InChI=1S/C15H24N2O/c1-12-6-8-13(9-7-12)10-11-17(5)14(18)15(2,3)16-4/h6-9,16H,10-11H2,1-5H3. The number of hydrogen-bond acceptors (Lipinski definition) is 2. The lowest BCUT2D eigenvalue weighted by molar-refractivity contribution is -0.135. The summed E-state index contributed by atoms with van der Waals surface area (Å²) in [5, 5.41) is 3.04. The monoisotopic (exact) mass is 248 g/mol. The average Bonchev–Trinajstić information content (AvgIpc) is 2.36. The molecule has 0 aliphatic heterocycles. The lowest BCUT2D eigenvalue weighted by Gasteiger charge is -2.29. The topological polar surface area (TPSA) is 32.3 Å². The summed E-state index contributed by atoms with van der Waals surface area (Å²) in [6, 6.07) is 8.46. The van der Waals surface area contributed by atoms with E-state index in [1.165, 1.54) is 11.1 Å². The summed E-state index contributed by atoms with van der Waals surface area (Å²) in [5.74, 6) is 0.122. The van der Waals surface area contributed by atoms with Crippen molar-refractivity contribution in [3.63, 3.8) is 0 Å². The van der Waals surface area contributed by atoms with Gasteiger partial charge in [0.25, 0.3) is 0 Å². The highest BCUT2D eigenvalue weighted by Gasteiger charge is 2.27. The Morgan fingerprint density at radius 3 is 2.33 bits per heavy atom. The number of rotatable bonds is 5. The maximum absolute atomic E-state index is 12.1. The summed E-state index contributed by atoms with van der Waals surface area (Å²) in [6.07, 6.45) is 0.891. The average molecular weight is 248 g/mol. The highest BCUT2D eigenvalue weighted by Crippen LogP contribution is 2.08. The van der Waals surface area contributed by atoms with Crippen LogP contribution in [0.4, 0.5) is 0 Å². The number of carbonyl (C=O) groups is 1. The zero-order valence-corrected chi connectivity index (χ0v) is 12.1. The van der Waals surface area contributed by atoms with Gasteiger partial charge in [0, 0.05) is 13.6 Å². The number of amides is 1. The summed E-state index contributed by atoms with van der Waals surface area (Å²) in [4.78, 5) is 13.9. The van der Waals surface area contributed by atoms with Crippen molar-refractivity contribution in [2.45, 2.75) is 32.7 Å². The van der Waals surface area contributed by atoms with Crippen LogP contribution in [-0.4, -0.2) is 37.0 Å². The molecule has 0 aliphatic carbocycles. The van der Waals surface area contributed by atoms with Crippen molar-refractivity contribution in [3.05, 3.63) is 35.4 Å². The summed E-state index contributed by atoms with van der Waals surface area (Å²) in [6.45, 7) is 6.62. The Kier molecular flexibility index (Phi) is 4.91. The molecule has 0 saturated carbocycles. The van der Waals surface area contributed by atoms with Crippen LogP contribution in [-0.2, 0) is 11.2 Å². The van der Waals surface area contributed by atoms with Crippen molar-refractivity contribution < 1.29 is 4.79 Å². The predicted molar refractivity (Wildman–Crippen MR) is 75.7 cm³/mol. The second-order valence-corrected chi connectivity index (χ2v) is 5.34. The summed E-state index contributed by atoms with van der Waals surface area (Å²) in [7, 11) is 3.67. The van der Waals surface area contributed by atoms with Gasteiger partial charge in [-0.1, -0.05) is 29.8 Å². The van der Waals surface area contributed by atoms with Gasteiger partial charge in [0.05, 0.1) is 5.54 Å². The molecule has 0 unspecified atom stereocenters. The van der Waals surface area contributed by atoms with Crippen LogP contribution in [0.5, 0.6) is 0 Å². The van der Waals surface area contributed by atoms with E-state index in [9.17, 15) is 4.79 Å². The fourth-order valence-corrected chi connectivity index (χ4v) is 1.74. The smallest absolute Gasteiger partial charge is 0.242 e. The Bertz CT molecular complexity index is 395.